The van der Waals surface area contributed by atoms with Crippen LogP contribution in [0.1, 0.15) is 44.6 Å². The number of amides is 1. The Balaban J connectivity index is 1.48. The van der Waals surface area contributed by atoms with Crippen LogP contribution in [0.25, 0.3) is 0 Å². The first-order chi connectivity index (χ1) is 11.8. The molecule has 4 heteroatoms. The molecule has 0 unspecified atom stereocenters. The van der Waals surface area contributed by atoms with Crippen molar-refractivity contribution in [2.45, 2.75) is 45.6 Å². The Bertz CT molecular complexity index is 532. The van der Waals surface area contributed by atoms with Gasteiger partial charge < -0.3 is 9.64 Å². The highest BCUT2D eigenvalue weighted by Crippen LogP contribution is 2.23. The maximum Gasteiger partial charge on any atom is 0.225 e. The summed E-state index contributed by atoms with van der Waals surface area (Å²) in [5, 5.41) is 0. The molecule has 0 aromatic heterocycles. The molecule has 0 N–H and O–H groups in total. The van der Waals surface area contributed by atoms with Gasteiger partial charge in [-0.15, -0.1) is 0 Å². The number of hydrogen-bond acceptors (Lipinski definition) is 3. The smallest absolute Gasteiger partial charge is 0.225 e. The second kappa shape index (κ2) is 8.52. The molecule has 0 aliphatic carbocycles. The standard InChI is InChI=1S/C20H30N2O2/c1-2-24-19-8-6-7-17(15-19)16-21-13-9-18(10-14-21)20(23)22-11-4-3-5-12-22/h6-8,15,18H,2-5,9-14,16H2,1H3. The van der Waals surface area contributed by atoms with Crippen LogP contribution in [0.15, 0.2) is 24.3 Å². The molecule has 1 aromatic carbocycles. The van der Waals surface area contributed by atoms with Crippen molar-refractivity contribution in [3.63, 3.8) is 0 Å². The molecule has 24 heavy (non-hydrogen) atoms. The van der Waals surface area contributed by atoms with E-state index < -0.39 is 0 Å². The van der Waals surface area contributed by atoms with Gasteiger partial charge in [0.25, 0.3) is 0 Å². The molecule has 2 aliphatic rings. The number of ether oxygens (including phenoxy) is 1. The van der Waals surface area contributed by atoms with E-state index >= 15 is 0 Å². The van der Waals surface area contributed by atoms with Gasteiger partial charge in [-0.1, -0.05) is 12.1 Å². The summed E-state index contributed by atoms with van der Waals surface area (Å²) < 4.78 is 5.58. The van der Waals surface area contributed by atoms with E-state index in [-0.39, 0.29) is 5.92 Å². The van der Waals surface area contributed by atoms with Crippen molar-refractivity contribution in [3.8, 4) is 5.75 Å². The predicted molar refractivity (Wildman–Crippen MR) is 96.0 cm³/mol. The SMILES string of the molecule is CCOc1cccc(CN2CCC(C(=O)N3CCCCC3)CC2)c1. The first-order valence-corrected chi connectivity index (χ1v) is 9.49. The molecule has 0 spiro atoms. The average Bonchev–Trinajstić information content (AvgIpc) is 2.63. The van der Waals surface area contributed by atoms with Crippen LogP contribution in [0.3, 0.4) is 0 Å². The molecule has 1 amide bonds. The zero-order valence-corrected chi connectivity index (χ0v) is 14.9. The largest absolute Gasteiger partial charge is 0.494 e. The number of carbonyl (C=O) groups excluding carboxylic acids is 1. The van der Waals surface area contributed by atoms with Crippen LogP contribution in [-0.2, 0) is 11.3 Å². The van der Waals surface area contributed by atoms with Gasteiger partial charge in [-0.2, -0.15) is 0 Å². The molecular weight excluding hydrogens is 300 g/mol. The lowest BCUT2D eigenvalue weighted by molar-refractivity contribution is -0.138. The maximum absolute atomic E-state index is 12.6. The van der Waals surface area contributed by atoms with Crippen LogP contribution >= 0.6 is 0 Å². The summed E-state index contributed by atoms with van der Waals surface area (Å²) >= 11 is 0. The van der Waals surface area contributed by atoms with Crippen molar-refractivity contribution in [2.75, 3.05) is 32.8 Å². The number of benzene rings is 1. The Morgan fingerprint density at radius 3 is 2.58 bits per heavy atom. The molecule has 2 aliphatic heterocycles. The molecule has 2 saturated heterocycles. The predicted octanol–water partition coefficient (Wildman–Crippen LogP) is 3.31. The second-order valence-electron chi connectivity index (χ2n) is 7.02. The number of piperidine rings is 2. The molecular formula is C20H30N2O2. The number of carbonyl (C=O) groups is 1. The second-order valence-corrected chi connectivity index (χ2v) is 7.02. The Hall–Kier alpha value is -1.55. The Morgan fingerprint density at radius 2 is 1.88 bits per heavy atom. The van der Waals surface area contributed by atoms with Crippen molar-refractivity contribution in [3.05, 3.63) is 29.8 Å². The van der Waals surface area contributed by atoms with E-state index in [0.29, 0.717) is 12.5 Å². The van der Waals surface area contributed by atoms with Gasteiger partial charge in [-0.05, 0) is 69.8 Å². The Labute approximate surface area is 145 Å². The maximum atomic E-state index is 12.6. The lowest BCUT2D eigenvalue weighted by Gasteiger charge is -2.35. The third-order valence-corrected chi connectivity index (χ3v) is 5.22. The summed E-state index contributed by atoms with van der Waals surface area (Å²) in [4.78, 5) is 17.2. The minimum Gasteiger partial charge on any atom is -0.494 e. The van der Waals surface area contributed by atoms with Gasteiger partial charge in [-0.3, -0.25) is 9.69 Å². The summed E-state index contributed by atoms with van der Waals surface area (Å²) in [6.45, 7) is 7.65. The highest BCUT2D eigenvalue weighted by Gasteiger charge is 2.29. The highest BCUT2D eigenvalue weighted by molar-refractivity contribution is 5.79. The van der Waals surface area contributed by atoms with Gasteiger partial charge in [0.2, 0.25) is 5.91 Å². The van der Waals surface area contributed by atoms with Gasteiger partial charge in [0.15, 0.2) is 0 Å². The van der Waals surface area contributed by atoms with Gasteiger partial charge in [0, 0.05) is 25.6 Å². The number of likely N-dealkylation sites (tertiary alicyclic amines) is 2. The molecule has 0 bridgehead atoms. The van der Waals surface area contributed by atoms with Gasteiger partial charge in [0.1, 0.15) is 5.75 Å². The molecule has 1 aromatic rings. The van der Waals surface area contributed by atoms with E-state index in [2.05, 4.69) is 28.0 Å². The van der Waals surface area contributed by atoms with Crippen LogP contribution in [0, 0.1) is 5.92 Å². The van der Waals surface area contributed by atoms with Gasteiger partial charge >= 0.3 is 0 Å². The first-order valence-electron chi connectivity index (χ1n) is 9.49. The van der Waals surface area contributed by atoms with Gasteiger partial charge in [-0.25, -0.2) is 0 Å². The first kappa shape index (κ1) is 17.3. The van der Waals surface area contributed by atoms with E-state index in [0.717, 1.165) is 51.3 Å². The zero-order valence-electron chi connectivity index (χ0n) is 14.9. The van der Waals surface area contributed by atoms with Gasteiger partial charge in [0.05, 0.1) is 6.61 Å². The van der Waals surface area contributed by atoms with E-state index in [4.69, 9.17) is 4.74 Å². The highest BCUT2D eigenvalue weighted by atomic mass is 16.5. The molecule has 2 heterocycles. The number of hydrogen-bond donors (Lipinski definition) is 0. The van der Waals surface area contributed by atoms with E-state index in [1.165, 1.54) is 24.8 Å². The van der Waals surface area contributed by atoms with Crippen LogP contribution in [0.2, 0.25) is 0 Å². The summed E-state index contributed by atoms with van der Waals surface area (Å²) in [5.74, 6) is 1.60. The number of rotatable bonds is 5. The van der Waals surface area contributed by atoms with E-state index in [9.17, 15) is 4.79 Å². The van der Waals surface area contributed by atoms with Crippen LogP contribution in [0.4, 0.5) is 0 Å². The van der Waals surface area contributed by atoms with E-state index in [1.807, 2.05) is 13.0 Å². The minimum absolute atomic E-state index is 0.245. The molecule has 0 atom stereocenters. The lowest BCUT2D eigenvalue weighted by Crippen LogP contribution is -2.44. The van der Waals surface area contributed by atoms with Crippen molar-refractivity contribution in [1.82, 2.24) is 9.80 Å². The lowest BCUT2D eigenvalue weighted by atomic mass is 9.94. The van der Waals surface area contributed by atoms with Crippen molar-refractivity contribution in [2.24, 2.45) is 5.92 Å². The monoisotopic (exact) mass is 330 g/mol. The van der Waals surface area contributed by atoms with Crippen molar-refractivity contribution in [1.29, 1.82) is 0 Å². The fourth-order valence-electron chi connectivity index (χ4n) is 3.87. The van der Waals surface area contributed by atoms with Crippen LogP contribution < -0.4 is 4.74 Å². The molecule has 0 saturated carbocycles. The molecule has 3 rings (SSSR count). The van der Waals surface area contributed by atoms with Crippen LogP contribution in [0.5, 0.6) is 5.75 Å². The third-order valence-electron chi connectivity index (χ3n) is 5.22. The Kier molecular flexibility index (Phi) is 6.13. The zero-order chi connectivity index (χ0) is 16.8. The minimum atomic E-state index is 0.245. The topological polar surface area (TPSA) is 32.8 Å². The summed E-state index contributed by atoms with van der Waals surface area (Å²) in [5.41, 5.74) is 1.29. The number of nitrogens with zero attached hydrogens (tertiary/aromatic N) is 2. The molecule has 4 nitrogen and oxygen atoms in total. The fraction of sp³-hybridized carbons (Fsp3) is 0.650. The average molecular weight is 330 g/mol. The van der Waals surface area contributed by atoms with Crippen molar-refractivity contribution >= 4 is 5.91 Å². The van der Waals surface area contributed by atoms with E-state index in [1.54, 1.807) is 0 Å². The van der Waals surface area contributed by atoms with Crippen LogP contribution in [-0.4, -0.2) is 48.5 Å². The molecule has 2 fully saturated rings. The normalized spacial score (nSPS) is 20.1. The third kappa shape index (κ3) is 4.50. The quantitative estimate of drug-likeness (QED) is 0.830. The van der Waals surface area contributed by atoms with Crippen molar-refractivity contribution < 1.29 is 9.53 Å². The fourth-order valence-corrected chi connectivity index (χ4v) is 3.87. The molecule has 132 valence electrons. The summed E-state index contributed by atoms with van der Waals surface area (Å²) in [7, 11) is 0. The summed E-state index contributed by atoms with van der Waals surface area (Å²) in [6, 6.07) is 8.37. The molecule has 0 radical (unpaired) electrons. The Morgan fingerprint density at radius 1 is 1.12 bits per heavy atom. The summed E-state index contributed by atoms with van der Waals surface area (Å²) in [6.07, 6.45) is 5.64.